The Hall–Kier alpha value is -3.01. The highest BCUT2D eigenvalue weighted by atomic mass is 32.1. The average molecular weight is 403 g/mol. The van der Waals surface area contributed by atoms with Crippen LogP contribution in [0.5, 0.6) is 0 Å². The molecule has 1 atom stereocenters. The number of carbonyl (C=O) groups is 2. The standard InChI is InChI=1S/C18H21N5O4S/c1-10-16(11(2)23(4)21-10)20-18(25)12(3)26-15(24)6-5-14-19-17(22-27-14)13-7-8-28-9-13/h7-9,12H,5-6H2,1-4H3,(H,20,25)/t12-/m0/s1. The van der Waals surface area contributed by atoms with Crippen LogP contribution in [0, 0.1) is 13.8 Å². The van der Waals surface area contributed by atoms with Gasteiger partial charge in [0.2, 0.25) is 11.7 Å². The highest BCUT2D eigenvalue weighted by molar-refractivity contribution is 7.08. The Kier molecular flexibility index (Phi) is 5.88. The molecule has 0 saturated carbocycles. The molecular formula is C18H21N5O4S. The summed E-state index contributed by atoms with van der Waals surface area (Å²) < 4.78 is 12.0. The fourth-order valence-electron chi connectivity index (χ4n) is 2.56. The van der Waals surface area contributed by atoms with Crippen molar-refractivity contribution in [2.45, 2.75) is 39.7 Å². The van der Waals surface area contributed by atoms with Gasteiger partial charge in [-0.2, -0.15) is 21.4 Å². The summed E-state index contributed by atoms with van der Waals surface area (Å²) in [6.45, 7) is 5.17. The monoisotopic (exact) mass is 403 g/mol. The summed E-state index contributed by atoms with van der Waals surface area (Å²) in [4.78, 5) is 28.6. The fraction of sp³-hybridized carbons (Fsp3) is 0.389. The van der Waals surface area contributed by atoms with E-state index in [2.05, 4.69) is 20.6 Å². The van der Waals surface area contributed by atoms with Crippen molar-refractivity contribution >= 4 is 28.9 Å². The predicted molar refractivity (Wildman–Crippen MR) is 103 cm³/mol. The van der Waals surface area contributed by atoms with Crippen LogP contribution in [0.2, 0.25) is 0 Å². The van der Waals surface area contributed by atoms with Crippen LogP contribution in [0.3, 0.4) is 0 Å². The van der Waals surface area contributed by atoms with Gasteiger partial charge in [-0.1, -0.05) is 5.16 Å². The molecule has 3 aromatic rings. The van der Waals surface area contributed by atoms with Crippen molar-refractivity contribution in [2.75, 3.05) is 5.32 Å². The van der Waals surface area contributed by atoms with Crippen molar-refractivity contribution in [1.82, 2.24) is 19.9 Å². The maximum absolute atomic E-state index is 12.3. The topological polar surface area (TPSA) is 112 Å². The Bertz CT molecular complexity index is 976. The molecule has 3 aromatic heterocycles. The summed E-state index contributed by atoms with van der Waals surface area (Å²) in [6, 6.07) is 1.89. The number of aromatic nitrogens is 4. The molecule has 0 saturated heterocycles. The number of hydrogen-bond acceptors (Lipinski definition) is 8. The number of amides is 1. The second kappa shape index (κ2) is 8.34. The number of nitrogens with one attached hydrogen (secondary N) is 1. The van der Waals surface area contributed by atoms with Crippen LogP contribution >= 0.6 is 11.3 Å². The number of anilines is 1. The Morgan fingerprint density at radius 1 is 1.39 bits per heavy atom. The molecule has 0 fully saturated rings. The van der Waals surface area contributed by atoms with Crippen LogP contribution in [0.15, 0.2) is 21.3 Å². The molecule has 10 heteroatoms. The molecule has 9 nitrogen and oxygen atoms in total. The first-order chi connectivity index (χ1) is 13.3. The van der Waals surface area contributed by atoms with E-state index in [1.807, 2.05) is 23.8 Å². The lowest BCUT2D eigenvalue weighted by molar-refractivity contribution is -0.153. The second-order valence-electron chi connectivity index (χ2n) is 6.31. The Labute approximate surface area is 165 Å². The van der Waals surface area contributed by atoms with Crippen LogP contribution in [0.25, 0.3) is 11.4 Å². The van der Waals surface area contributed by atoms with E-state index in [4.69, 9.17) is 9.26 Å². The van der Waals surface area contributed by atoms with Crippen molar-refractivity contribution in [3.8, 4) is 11.4 Å². The van der Waals surface area contributed by atoms with Gasteiger partial charge in [0, 0.05) is 24.4 Å². The van der Waals surface area contributed by atoms with Gasteiger partial charge in [0.1, 0.15) is 0 Å². The Morgan fingerprint density at radius 2 is 2.18 bits per heavy atom. The van der Waals surface area contributed by atoms with E-state index < -0.39 is 18.0 Å². The van der Waals surface area contributed by atoms with E-state index in [1.54, 1.807) is 18.7 Å². The number of aryl methyl sites for hydroxylation is 3. The van der Waals surface area contributed by atoms with Crippen LogP contribution in [-0.2, 0) is 27.8 Å². The molecule has 3 rings (SSSR count). The summed E-state index contributed by atoms with van der Waals surface area (Å²) in [5.41, 5.74) is 3.02. The van der Waals surface area contributed by atoms with E-state index in [0.717, 1.165) is 11.3 Å². The van der Waals surface area contributed by atoms with Crippen molar-refractivity contribution in [3.05, 3.63) is 34.1 Å². The smallest absolute Gasteiger partial charge is 0.307 e. The third-order valence-corrected chi connectivity index (χ3v) is 4.91. The average Bonchev–Trinajstić information content (AvgIpc) is 3.38. The van der Waals surface area contributed by atoms with E-state index >= 15 is 0 Å². The third kappa shape index (κ3) is 4.45. The fourth-order valence-corrected chi connectivity index (χ4v) is 3.20. The van der Waals surface area contributed by atoms with Gasteiger partial charge in [0.05, 0.1) is 23.5 Å². The maximum Gasteiger partial charge on any atom is 0.307 e. The number of carbonyl (C=O) groups excluding carboxylic acids is 2. The van der Waals surface area contributed by atoms with Crippen molar-refractivity contribution in [2.24, 2.45) is 7.05 Å². The molecule has 0 spiro atoms. The van der Waals surface area contributed by atoms with Gasteiger partial charge < -0.3 is 14.6 Å². The minimum Gasteiger partial charge on any atom is -0.453 e. The number of rotatable bonds is 7. The summed E-state index contributed by atoms with van der Waals surface area (Å²) in [6.07, 6.45) is -0.658. The van der Waals surface area contributed by atoms with Crippen LogP contribution in [-0.4, -0.2) is 37.9 Å². The molecule has 148 valence electrons. The lowest BCUT2D eigenvalue weighted by Gasteiger charge is -2.13. The number of thiophene rings is 1. The summed E-state index contributed by atoms with van der Waals surface area (Å²) in [7, 11) is 1.79. The molecular weight excluding hydrogens is 382 g/mol. The molecule has 0 bridgehead atoms. The highest BCUT2D eigenvalue weighted by Gasteiger charge is 2.21. The second-order valence-corrected chi connectivity index (χ2v) is 7.09. The van der Waals surface area contributed by atoms with Crippen LogP contribution in [0.4, 0.5) is 5.69 Å². The number of esters is 1. The summed E-state index contributed by atoms with van der Waals surface area (Å²) in [5, 5.41) is 14.7. The molecule has 0 aliphatic carbocycles. The van der Waals surface area contributed by atoms with E-state index in [9.17, 15) is 9.59 Å². The van der Waals surface area contributed by atoms with E-state index in [0.29, 0.717) is 23.1 Å². The van der Waals surface area contributed by atoms with Gasteiger partial charge in [0.25, 0.3) is 5.91 Å². The van der Waals surface area contributed by atoms with Gasteiger partial charge in [-0.15, -0.1) is 0 Å². The van der Waals surface area contributed by atoms with Gasteiger partial charge in [-0.25, -0.2) is 0 Å². The predicted octanol–water partition coefficient (Wildman–Crippen LogP) is 2.65. The Morgan fingerprint density at radius 3 is 2.82 bits per heavy atom. The zero-order valence-electron chi connectivity index (χ0n) is 16.1. The molecule has 1 amide bonds. The van der Waals surface area contributed by atoms with Gasteiger partial charge in [-0.05, 0) is 32.2 Å². The minimum atomic E-state index is -0.935. The number of hydrogen-bond donors (Lipinski definition) is 1. The van der Waals surface area contributed by atoms with Crippen molar-refractivity contribution in [1.29, 1.82) is 0 Å². The zero-order valence-corrected chi connectivity index (χ0v) is 16.9. The molecule has 28 heavy (non-hydrogen) atoms. The highest BCUT2D eigenvalue weighted by Crippen LogP contribution is 2.20. The van der Waals surface area contributed by atoms with Gasteiger partial charge in [-0.3, -0.25) is 14.3 Å². The first-order valence-corrected chi connectivity index (χ1v) is 9.65. The van der Waals surface area contributed by atoms with Crippen molar-refractivity contribution in [3.63, 3.8) is 0 Å². The molecule has 1 N–H and O–H groups in total. The largest absolute Gasteiger partial charge is 0.453 e. The molecule has 0 radical (unpaired) electrons. The van der Waals surface area contributed by atoms with Crippen LogP contribution < -0.4 is 5.32 Å². The maximum atomic E-state index is 12.3. The van der Waals surface area contributed by atoms with Gasteiger partial charge >= 0.3 is 5.97 Å². The van der Waals surface area contributed by atoms with E-state index in [-0.39, 0.29) is 12.8 Å². The Balaban J connectivity index is 1.49. The summed E-state index contributed by atoms with van der Waals surface area (Å²) >= 11 is 1.54. The molecule has 0 aliphatic heterocycles. The molecule has 0 unspecified atom stereocenters. The third-order valence-electron chi connectivity index (χ3n) is 4.23. The van der Waals surface area contributed by atoms with Crippen LogP contribution in [0.1, 0.15) is 30.6 Å². The quantitative estimate of drug-likeness (QED) is 0.604. The number of ether oxygens (including phenoxy) is 1. The molecule has 3 heterocycles. The first kappa shape index (κ1) is 19.7. The zero-order chi connectivity index (χ0) is 20.3. The van der Waals surface area contributed by atoms with Gasteiger partial charge in [0.15, 0.2) is 6.10 Å². The molecule has 0 aliphatic rings. The minimum absolute atomic E-state index is 0.0356. The van der Waals surface area contributed by atoms with E-state index in [1.165, 1.54) is 18.3 Å². The SMILES string of the molecule is Cc1nn(C)c(C)c1NC(=O)[C@H](C)OC(=O)CCc1nc(-c2ccsc2)no1. The summed E-state index contributed by atoms with van der Waals surface area (Å²) in [5.74, 6) is -0.0981. The normalized spacial score (nSPS) is 12.0. The van der Waals surface area contributed by atoms with Crippen molar-refractivity contribution < 1.29 is 18.8 Å². The number of nitrogens with zero attached hydrogens (tertiary/aromatic N) is 4. The lowest BCUT2D eigenvalue weighted by Crippen LogP contribution is -2.30. The lowest BCUT2D eigenvalue weighted by atomic mass is 10.2. The molecule has 0 aromatic carbocycles. The first-order valence-electron chi connectivity index (χ1n) is 8.71.